The molecule has 0 aliphatic carbocycles. The van der Waals surface area contributed by atoms with Gasteiger partial charge < -0.3 is 14.4 Å². The van der Waals surface area contributed by atoms with Crippen molar-refractivity contribution in [3.63, 3.8) is 0 Å². The topological polar surface area (TPSA) is 38.8 Å². The number of halogens is 4. The molecule has 0 aromatic heterocycles. The Bertz CT molecular complexity index is 554. The van der Waals surface area contributed by atoms with Crippen molar-refractivity contribution < 1.29 is 27.4 Å². The van der Waals surface area contributed by atoms with E-state index in [1.54, 1.807) is 38.1 Å². The normalized spacial score (nSPS) is 16.2. The molecule has 4 nitrogen and oxygen atoms in total. The summed E-state index contributed by atoms with van der Waals surface area (Å²) in [6.07, 6.45) is -4.95. The third-order valence-electron chi connectivity index (χ3n) is 3.32. The van der Waals surface area contributed by atoms with Gasteiger partial charge in [0.05, 0.1) is 6.10 Å². The van der Waals surface area contributed by atoms with E-state index in [2.05, 4.69) is 0 Å². The van der Waals surface area contributed by atoms with Crippen molar-refractivity contribution in [3.8, 4) is 5.75 Å². The molecule has 0 spiro atoms. The summed E-state index contributed by atoms with van der Waals surface area (Å²) >= 11 is 5.78. The summed E-state index contributed by atoms with van der Waals surface area (Å²) in [5.74, 6) is 0.178. The van der Waals surface area contributed by atoms with E-state index >= 15 is 0 Å². The van der Waals surface area contributed by atoms with E-state index in [0.29, 0.717) is 10.8 Å². The van der Waals surface area contributed by atoms with Gasteiger partial charge in [-0.2, -0.15) is 13.2 Å². The summed E-state index contributed by atoms with van der Waals surface area (Å²) in [4.78, 5) is 13.8. The van der Waals surface area contributed by atoms with Crippen molar-refractivity contribution in [3.05, 3.63) is 29.3 Å². The first kappa shape index (κ1) is 17.9. The summed E-state index contributed by atoms with van der Waals surface area (Å²) in [5, 5.41) is 0.550. The zero-order chi connectivity index (χ0) is 17.3. The Morgan fingerprint density at radius 3 is 2.35 bits per heavy atom. The highest BCUT2D eigenvalue weighted by atomic mass is 35.5. The number of benzene rings is 1. The minimum absolute atomic E-state index is 0.127. The average Bonchev–Trinajstić information content (AvgIpc) is 2.38. The maximum Gasteiger partial charge on any atom is 0.411 e. The molecule has 0 N–H and O–H groups in total. The number of amides is 1. The standard InChI is InChI=1S/C15H17ClF3NO3/c1-14(2,23-11-5-3-10(16)4-6-11)13(21)20-7-12(8-20)22-9-15(17,18)19/h3-6,12H,7-9H2,1-2H3. The van der Waals surface area contributed by atoms with Crippen LogP contribution in [0.1, 0.15) is 13.8 Å². The fourth-order valence-corrected chi connectivity index (χ4v) is 2.27. The molecule has 0 radical (unpaired) electrons. The second-order valence-corrected chi connectivity index (χ2v) is 6.26. The monoisotopic (exact) mass is 351 g/mol. The molecule has 23 heavy (non-hydrogen) atoms. The summed E-state index contributed by atoms with van der Waals surface area (Å²) in [5.41, 5.74) is -1.14. The number of ether oxygens (including phenoxy) is 2. The van der Waals surface area contributed by atoms with Crippen LogP contribution < -0.4 is 4.74 Å². The van der Waals surface area contributed by atoms with Crippen LogP contribution in [0, 0.1) is 0 Å². The van der Waals surface area contributed by atoms with Crippen molar-refractivity contribution in [2.24, 2.45) is 0 Å². The smallest absolute Gasteiger partial charge is 0.411 e. The first-order chi connectivity index (χ1) is 10.6. The van der Waals surface area contributed by atoms with Gasteiger partial charge in [0.15, 0.2) is 5.60 Å². The maximum atomic E-state index is 12.4. The van der Waals surface area contributed by atoms with Gasteiger partial charge in [0.1, 0.15) is 12.4 Å². The van der Waals surface area contributed by atoms with Crippen molar-refractivity contribution in [1.82, 2.24) is 4.90 Å². The summed E-state index contributed by atoms with van der Waals surface area (Å²) in [6.45, 7) is 2.16. The number of rotatable bonds is 5. The number of alkyl halides is 3. The molecular weight excluding hydrogens is 335 g/mol. The van der Waals surface area contributed by atoms with Gasteiger partial charge in [-0.1, -0.05) is 11.6 Å². The molecule has 2 rings (SSSR count). The highest BCUT2D eigenvalue weighted by Gasteiger charge is 2.42. The van der Waals surface area contributed by atoms with Crippen molar-refractivity contribution in [2.45, 2.75) is 31.7 Å². The molecule has 0 atom stereocenters. The molecule has 8 heteroatoms. The van der Waals surface area contributed by atoms with Crippen LogP contribution in [-0.4, -0.2) is 48.4 Å². The predicted molar refractivity (Wildman–Crippen MR) is 78.5 cm³/mol. The molecule has 1 aliphatic heterocycles. The van der Waals surface area contributed by atoms with Crippen LogP contribution >= 0.6 is 11.6 Å². The molecule has 0 bridgehead atoms. The fraction of sp³-hybridized carbons (Fsp3) is 0.533. The van der Waals surface area contributed by atoms with Crippen LogP contribution in [0.4, 0.5) is 13.2 Å². The van der Waals surface area contributed by atoms with Crippen LogP contribution in [0.15, 0.2) is 24.3 Å². The van der Waals surface area contributed by atoms with Gasteiger partial charge in [-0.3, -0.25) is 4.79 Å². The SMILES string of the molecule is CC(C)(Oc1ccc(Cl)cc1)C(=O)N1CC(OCC(F)(F)F)C1. The third-order valence-corrected chi connectivity index (χ3v) is 3.57. The first-order valence-electron chi connectivity index (χ1n) is 6.99. The molecule has 128 valence electrons. The van der Waals surface area contributed by atoms with Crippen LogP contribution in [0.3, 0.4) is 0 Å². The van der Waals surface area contributed by atoms with E-state index in [0.717, 1.165) is 0 Å². The van der Waals surface area contributed by atoms with Crippen LogP contribution in [0.25, 0.3) is 0 Å². The van der Waals surface area contributed by atoms with Crippen molar-refractivity contribution in [1.29, 1.82) is 0 Å². The van der Waals surface area contributed by atoms with Gasteiger partial charge in [0, 0.05) is 18.1 Å². The molecule has 0 saturated carbocycles. The lowest BCUT2D eigenvalue weighted by atomic mass is 10.0. The van der Waals surface area contributed by atoms with Crippen LogP contribution in [0.5, 0.6) is 5.75 Å². The number of hydrogen-bond donors (Lipinski definition) is 0. The first-order valence-corrected chi connectivity index (χ1v) is 7.37. The second kappa shape index (κ2) is 6.57. The lowest BCUT2D eigenvalue weighted by Gasteiger charge is -2.42. The fourth-order valence-electron chi connectivity index (χ4n) is 2.14. The van der Waals surface area contributed by atoms with E-state index in [4.69, 9.17) is 21.1 Å². The number of likely N-dealkylation sites (tertiary alicyclic amines) is 1. The quantitative estimate of drug-likeness (QED) is 0.817. The minimum atomic E-state index is -4.36. The Balaban J connectivity index is 1.84. The number of nitrogens with zero attached hydrogens (tertiary/aromatic N) is 1. The van der Waals surface area contributed by atoms with Gasteiger partial charge in [0.25, 0.3) is 5.91 Å². The van der Waals surface area contributed by atoms with Gasteiger partial charge in [-0.25, -0.2) is 0 Å². The van der Waals surface area contributed by atoms with E-state index in [1.165, 1.54) is 4.90 Å². The Morgan fingerprint density at radius 2 is 1.83 bits per heavy atom. The largest absolute Gasteiger partial charge is 0.478 e. The average molecular weight is 352 g/mol. The number of carbonyl (C=O) groups excluding carboxylic acids is 1. The number of carbonyl (C=O) groups is 1. The predicted octanol–water partition coefficient (Wildman–Crippen LogP) is 3.29. The summed E-state index contributed by atoms with van der Waals surface area (Å²) < 4.78 is 46.5. The minimum Gasteiger partial charge on any atom is -0.478 e. The molecule has 1 fully saturated rings. The molecule has 0 unspecified atom stereocenters. The van der Waals surface area contributed by atoms with Crippen molar-refractivity contribution >= 4 is 17.5 Å². The molecule has 1 amide bonds. The molecular formula is C15H17ClF3NO3. The highest BCUT2D eigenvalue weighted by Crippen LogP contribution is 2.25. The molecule has 1 heterocycles. The lowest BCUT2D eigenvalue weighted by Crippen LogP contribution is -2.61. The van der Waals surface area contributed by atoms with Crippen molar-refractivity contribution in [2.75, 3.05) is 19.7 Å². The van der Waals surface area contributed by atoms with Gasteiger partial charge in [0.2, 0.25) is 0 Å². The summed E-state index contributed by atoms with van der Waals surface area (Å²) in [7, 11) is 0. The maximum absolute atomic E-state index is 12.4. The van der Waals surface area contributed by atoms with E-state index < -0.39 is 24.5 Å². The van der Waals surface area contributed by atoms with E-state index in [-0.39, 0.29) is 19.0 Å². The molecule has 1 aromatic rings. The zero-order valence-corrected chi connectivity index (χ0v) is 13.4. The second-order valence-electron chi connectivity index (χ2n) is 5.82. The summed E-state index contributed by atoms with van der Waals surface area (Å²) in [6, 6.07) is 6.57. The number of hydrogen-bond acceptors (Lipinski definition) is 3. The molecule has 1 aromatic carbocycles. The Kier molecular flexibility index (Phi) is 5.10. The van der Waals surface area contributed by atoms with E-state index in [1.807, 2.05) is 0 Å². The van der Waals surface area contributed by atoms with Crippen LogP contribution in [-0.2, 0) is 9.53 Å². The highest BCUT2D eigenvalue weighted by molar-refractivity contribution is 6.30. The van der Waals surface area contributed by atoms with Gasteiger partial charge in [-0.05, 0) is 38.1 Å². The Labute approximate surface area is 137 Å². The molecule has 1 aliphatic rings. The van der Waals surface area contributed by atoms with Crippen LogP contribution in [0.2, 0.25) is 5.02 Å². The Hall–Kier alpha value is -1.47. The van der Waals surface area contributed by atoms with Gasteiger partial charge >= 0.3 is 6.18 Å². The Morgan fingerprint density at radius 1 is 1.26 bits per heavy atom. The van der Waals surface area contributed by atoms with E-state index in [9.17, 15) is 18.0 Å². The van der Waals surface area contributed by atoms with Gasteiger partial charge in [-0.15, -0.1) is 0 Å². The zero-order valence-electron chi connectivity index (χ0n) is 12.7. The third kappa shape index (κ3) is 5.00. The molecule has 1 saturated heterocycles. The lowest BCUT2D eigenvalue weighted by molar-refractivity contribution is -0.202.